The molecular weight excluding hydrogens is 227 g/mol. The number of carbonyl (C=O) groups is 1. The molecule has 2 aliphatic rings. The van der Waals surface area contributed by atoms with Crippen LogP contribution in [0.25, 0.3) is 0 Å². The molecule has 16 heavy (non-hydrogen) atoms. The van der Waals surface area contributed by atoms with E-state index in [0.717, 1.165) is 16.7 Å². The molecule has 1 aliphatic heterocycles. The van der Waals surface area contributed by atoms with Gasteiger partial charge in [0, 0.05) is 0 Å². The highest BCUT2D eigenvalue weighted by Crippen LogP contribution is 2.37. The second-order valence-corrected chi connectivity index (χ2v) is 5.56. The van der Waals surface area contributed by atoms with Crippen LogP contribution in [0.1, 0.15) is 20.3 Å². The molecule has 2 rings (SSSR count). The third-order valence-electron chi connectivity index (χ3n) is 2.61. The minimum absolute atomic E-state index is 0.109. The van der Waals surface area contributed by atoms with Crippen molar-refractivity contribution in [3.8, 4) is 0 Å². The summed E-state index contributed by atoms with van der Waals surface area (Å²) in [5.41, 5.74) is 0.0647. The van der Waals surface area contributed by atoms with E-state index in [1.807, 2.05) is 13.8 Å². The molecular formula is C11H13FN2OS. The van der Waals surface area contributed by atoms with Gasteiger partial charge in [-0.2, -0.15) is 0 Å². The molecule has 0 unspecified atom stereocenters. The van der Waals surface area contributed by atoms with Crippen LogP contribution >= 0.6 is 11.8 Å². The van der Waals surface area contributed by atoms with E-state index >= 15 is 0 Å². The first kappa shape index (κ1) is 11.4. The maximum absolute atomic E-state index is 13.7. The Morgan fingerprint density at radius 3 is 2.81 bits per heavy atom. The SMILES string of the molecule is CC1(C)C=C(N2C(=N)SCC2=O)C(F)=CC1. The first-order chi connectivity index (χ1) is 7.41. The Kier molecular flexibility index (Phi) is 2.66. The van der Waals surface area contributed by atoms with Gasteiger partial charge < -0.3 is 0 Å². The fourth-order valence-electron chi connectivity index (χ4n) is 1.74. The molecule has 0 aromatic rings. The monoisotopic (exact) mass is 240 g/mol. The van der Waals surface area contributed by atoms with Crippen molar-refractivity contribution in [2.45, 2.75) is 20.3 Å². The molecule has 3 nitrogen and oxygen atoms in total. The van der Waals surface area contributed by atoms with E-state index in [9.17, 15) is 9.18 Å². The van der Waals surface area contributed by atoms with Gasteiger partial charge in [-0.25, -0.2) is 4.39 Å². The lowest BCUT2D eigenvalue weighted by Gasteiger charge is -2.28. The van der Waals surface area contributed by atoms with Crippen molar-refractivity contribution in [1.82, 2.24) is 4.90 Å². The fourth-order valence-corrected chi connectivity index (χ4v) is 2.46. The molecule has 1 fully saturated rings. The van der Waals surface area contributed by atoms with Crippen molar-refractivity contribution in [3.05, 3.63) is 23.7 Å². The van der Waals surface area contributed by atoms with Crippen LogP contribution in [-0.4, -0.2) is 21.7 Å². The molecule has 0 atom stereocenters. The van der Waals surface area contributed by atoms with Crippen molar-refractivity contribution in [2.75, 3.05) is 5.75 Å². The minimum Gasteiger partial charge on any atom is -0.278 e. The summed E-state index contributed by atoms with van der Waals surface area (Å²) in [6.45, 7) is 3.96. The Balaban J connectivity index is 2.39. The van der Waals surface area contributed by atoms with E-state index in [2.05, 4.69) is 0 Å². The summed E-state index contributed by atoms with van der Waals surface area (Å²) in [5, 5.41) is 7.73. The molecule has 0 radical (unpaired) electrons. The first-order valence-electron chi connectivity index (χ1n) is 5.04. The maximum Gasteiger partial charge on any atom is 0.243 e. The van der Waals surface area contributed by atoms with Gasteiger partial charge in [-0.15, -0.1) is 0 Å². The molecule has 5 heteroatoms. The molecule has 1 heterocycles. The highest BCUT2D eigenvalue weighted by molar-refractivity contribution is 8.14. The van der Waals surface area contributed by atoms with Gasteiger partial charge in [-0.3, -0.25) is 15.1 Å². The molecule has 86 valence electrons. The lowest BCUT2D eigenvalue weighted by Crippen LogP contribution is -2.31. The van der Waals surface area contributed by atoms with Crippen LogP contribution in [0, 0.1) is 10.8 Å². The average molecular weight is 240 g/mol. The Hall–Kier alpha value is -1.10. The van der Waals surface area contributed by atoms with E-state index in [1.54, 1.807) is 6.08 Å². The molecule has 0 aromatic heterocycles. The third kappa shape index (κ3) is 1.91. The zero-order chi connectivity index (χ0) is 11.9. The Labute approximate surface area is 97.9 Å². The summed E-state index contributed by atoms with van der Waals surface area (Å²) in [4.78, 5) is 12.7. The Morgan fingerprint density at radius 1 is 1.56 bits per heavy atom. The highest BCUT2D eigenvalue weighted by Gasteiger charge is 2.34. The van der Waals surface area contributed by atoms with Crippen molar-refractivity contribution in [3.63, 3.8) is 0 Å². The van der Waals surface area contributed by atoms with Crippen LogP contribution < -0.4 is 0 Å². The number of hydrogen-bond donors (Lipinski definition) is 1. The van der Waals surface area contributed by atoms with Gasteiger partial charge in [-0.1, -0.05) is 31.7 Å². The minimum atomic E-state index is -0.403. The summed E-state index contributed by atoms with van der Waals surface area (Å²) in [7, 11) is 0. The van der Waals surface area contributed by atoms with Crippen LogP contribution in [0.15, 0.2) is 23.7 Å². The summed E-state index contributed by atoms with van der Waals surface area (Å²) in [6.07, 6.45) is 3.84. The second-order valence-electron chi connectivity index (χ2n) is 4.60. The van der Waals surface area contributed by atoms with Gasteiger partial charge in [-0.05, 0) is 17.9 Å². The number of halogens is 1. The molecule has 1 amide bonds. The lowest BCUT2D eigenvalue weighted by molar-refractivity contribution is -0.122. The smallest absolute Gasteiger partial charge is 0.243 e. The van der Waals surface area contributed by atoms with E-state index < -0.39 is 5.83 Å². The number of nitrogens with one attached hydrogen (secondary N) is 1. The highest BCUT2D eigenvalue weighted by atomic mass is 32.2. The number of nitrogens with zero attached hydrogens (tertiary/aromatic N) is 1. The van der Waals surface area contributed by atoms with Crippen molar-refractivity contribution in [1.29, 1.82) is 5.41 Å². The molecule has 0 aromatic carbocycles. The number of hydrogen-bond acceptors (Lipinski definition) is 3. The molecule has 0 spiro atoms. The first-order valence-corrected chi connectivity index (χ1v) is 6.02. The van der Waals surface area contributed by atoms with Gasteiger partial charge >= 0.3 is 0 Å². The third-order valence-corrected chi connectivity index (χ3v) is 3.45. The number of allylic oxidation sites excluding steroid dienone is 3. The van der Waals surface area contributed by atoms with Crippen LogP contribution in [0.2, 0.25) is 0 Å². The molecule has 1 N–H and O–H groups in total. The summed E-state index contributed by atoms with van der Waals surface area (Å²) >= 11 is 1.13. The predicted molar refractivity (Wildman–Crippen MR) is 62.7 cm³/mol. The molecule has 0 bridgehead atoms. The maximum atomic E-state index is 13.7. The van der Waals surface area contributed by atoms with E-state index in [-0.39, 0.29) is 27.9 Å². The van der Waals surface area contributed by atoms with E-state index in [1.165, 1.54) is 6.08 Å². The van der Waals surface area contributed by atoms with Crippen molar-refractivity contribution < 1.29 is 9.18 Å². The number of rotatable bonds is 1. The number of amides is 1. The van der Waals surface area contributed by atoms with Gasteiger partial charge in [0.05, 0.1) is 11.4 Å². The molecule has 0 saturated carbocycles. The van der Waals surface area contributed by atoms with Crippen LogP contribution in [-0.2, 0) is 4.79 Å². The standard InChI is InChI=1S/C11H13FN2OS/c1-11(2)4-3-7(12)8(5-11)14-9(15)6-16-10(14)13/h3,5,13H,4,6H2,1-2H3. The normalized spacial score (nSPS) is 24.6. The predicted octanol–water partition coefficient (Wildman–Crippen LogP) is 2.66. The van der Waals surface area contributed by atoms with Crippen molar-refractivity contribution >= 4 is 22.8 Å². The van der Waals surface area contributed by atoms with Crippen LogP contribution in [0.4, 0.5) is 4.39 Å². The summed E-state index contributed by atoms with van der Waals surface area (Å²) in [5.74, 6) is -0.397. The fraction of sp³-hybridized carbons (Fsp3) is 0.455. The lowest BCUT2D eigenvalue weighted by atomic mass is 9.84. The summed E-state index contributed by atoms with van der Waals surface area (Å²) < 4.78 is 13.7. The zero-order valence-corrected chi connectivity index (χ0v) is 10.0. The van der Waals surface area contributed by atoms with Crippen molar-refractivity contribution in [2.24, 2.45) is 5.41 Å². The Morgan fingerprint density at radius 2 is 2.25 bits per heavy atom. The van der Waals surface area contributed by atoms with Crippen LogP contribution in [0.5, 0.6) is 0 Å². The number of thioether (sulfide) groups is 1. The van der Waals surface area contributed by atoms with Gasteiger partial charge in [0.1, 0.15) is 5.83 Å². The number of amidine groups is 1. The largest absolute Gasteiger partial charge is 0.278 e. The second kappa shape index (κ2) is 3.73. The van der Waals surface area contributed by atoms with E-state index in [4.69, 9.17) is 5.41 Å². The zero-order valence-electron chi connectivity index (χ0n) is 9.21. The topological polar surface area (TPSA) is 44.2 Å². The number of carbonyl (C=O) groups excluding carboxylic acids is 1. The van der Waals surface area contributed by atoms with Gasteiger partial charge in [0.2, 0.25) is 5.91 Å². The Bertz CT molecular complexity index is 410. The van der Waals surface area contributed by atoms with Gasteiger partial charge in [0.25, 0.3) is 0 Å². The van der Waals surface area contributed by atoms with E-state index in [0.29, 0.717) is 6.42 Å². The quantitative estimate of drug-likeness (QED) is 0.765. The average Bonchev–Trinajstić information content (AvgIpc) is 2.51. The van der Waals surface area contributed by atoms with Gasteiger partial charge in [0.15, 0.2) is 5.17 Å². The van der Waals surface area contributed by atoms with Crippen LogP contribution in [0.3, 0.4) is 0 Å². The summed E-state index contributed by atoms with van der Waals surface area (Å²) in [6, 6.07) is 0. The molecule has 1 saturated heterocycles. The molecule has 1 aliphatic carbocycles.